The van der Waals surface area contributed by atoms with Crippen molar-refractivity contribution in [3.63, 3.8) is 0 Å². The van der Waals surface area contributed by atoms with E-state index in [-0.39, 0.29) is 26.3 Å². The fourth-order valence-corrected chi connectivity index (χ4v) is 1.45. The molecule has 0 aromatic carbocycles. The van der Waals surface area contributed by atoms with Gasteiger partial charge in [-0.15, -0.1) is 0 Å². The normalized spacial score (nSPS) is 19.8. The van der Waals surface area contributed by atoms with E-state index in [2.05, 4.69) is 9.39 Å². The number of halogens is 3. The van der Waals surface area contributed by atoms with Crippen LogP contribution in [0, 0.1) is 0 Å². The van der Waals surface area contributed by atoms with Crippen molar-refractivity contribution in [1.29, 1.82) is 0 Å². The molecule has 0 aromatic rings. The molecule has 0 aliphatic carbocycles. The third-order valence-electron chi connectivity index (χ3n) is 2.35. The average Bonchev–Trinajstić information content (AvgIpc) is 2.29. The summed E-state index contributed by atoms with van der Waals surface area (Å²) in [5.74, 6) is 0. The summed E-state index contributed by atoms with van der Waals surface area (Å²) in [5.41, 5.74) is 0. The maximum Gasteiger partial charge on any atom is 0.635 e. The van der Waals surface area contributed by atoms with E-state index in [4.69, 9.17) is 14.8 Å². The van der Waals surface area contributed by atoms with Crippen molar-refractivity contribution >= 4 is 7.32 Å². The zero-order valence-corrected chi connectivity index (χ0v) is 9.60. The first kappa shape index (κ1) is 15.7. The van der Waals surface area contributed by atoms with Crippen molar-refractivity contribution < 1.29 is 37.3 Å². The largest absolute Gasteiger partial charge is 0.635 e. The molecule has 10 heteroatoms. The number of nitrogens with zero attached hydrogens (tertiary/aromatic N) is 1. The van der Waals surface area contributed by atoms with E-state index in [0.717, 1.165) is 4.90 Å². The van der Waals surface area contributed by atoms with Gasteiger partial charge < -0.3 is 24.2 Å². The fraction of sp³-hybridized carbons (Fsp3) is 1.00. The summed E-state index contributed by atoms with van der Waals surface area (Å²) in [4.78, 5) is 0.814. The summed E-state index contributed by atoms with van der Waals surface area (Å²) in [7, 11) is -2.13. The molecule has 106 valence electrons. The first-order valence-electron chi connectivity index (χ1n) is 5.36. The molecular formula is C8H15BF3NO5. The van der Waals surface area contributed by atoms with E-state index in [0.29, 0.717) is 0 Å². The van der Waals surface area contributed by atoms with Crippen molar-refractivity contribution in [3.05, 3.63) is 0 Å². The van der Waals surface area contributed by atoms with Gasteiger partial charge in [-0.3, -0.25) is 0 Å². The van der Waals surface area contributed by atoms with E-state index < -0.39 is 32.9 Å². The average molecular weight is 273 g/mol. The highest BCUT2D eigenvalue weighted by molar-refractivity contribution is 6.32. The van der Waals surface area contributed by atoms with E-state index in [9.17, 15) is 13.2 Å². The Hall–Kier alpha value is -0.385. The van der Waals surface area contributed by atoms with Crippen LogP contribution in [0.4, 0.5) is 13.2 Å². The summed E-state index contributed by atoms with van der Waals surface area (Å²) in [6, 6.07) is -3.35. The molecule has 1 atom stereocenters. The monoisotopic (exact) mass is 273 g/mol. The van der Waals surface area contributed by atoms with Gasteiger partial charge in [0.15, 0.2) is 0 Å². The molecule has 1 heterocycles. The molecule has 0 radical (unpaired) electrons. The third-order valence-corrected chi connectivity index (χ3v) is 2.35. The maximum atomic E-state index is 13.6. The van der Waals surface area contributed by atoms with Gasteiger partial charge in [-0.05, 0) is 0 Å². The van der Waals surface area contributed by atoms with Gasteiger partial charge in [0.05, 0.1) is 19.6 Å². The van der Waals surface area contributed by atoms with Gasteiger partial charge in [0.1, 0.15) is 6.79 Å². The highest BCUT2D eigenvalue weighted by Crippen LogP contribution is 2.27. The van der Waals surface area contributed by atoms with Gasteiger partial charge in [0.2, 0.25) is 6.36 Å². The van der Waals surface area contributed by atoms with Gasteiger partial charge >= 0.3 is 13.4 Å². The number of hydrogen-bond acceptors (Lipinski definition) is 6. The van der Waals surface area contributed by atoms with Crippen LogP contribution < -0.4 is 0 Å². The number of ether oxygens (including phenoxy) is 2. The molecule has 1 saturated heterocycles. The van der Waals surface area contributed by atoms with Gasteiger partial charge in [-0.2, -0.15) is 8.78 Å². The van der Waals surface area contributed by atoms with E-state index in [1.807, 2.05) is 0 Å². The molecular weight excluding hydrogens is 258 g/mol. The number of rotatable bonds is 7. The van der Waals surface area contributed by atoms with Crippen LogP contribution in [0.3, 0.4) is 0 Å². The zero-order valence-electron chi connectivity index (χ0n) is 9.60. The van der Waals surface area contributed by atoms with Crippen molar-refractivity contribution in [2.75, 3.05) is 33.1 Å². The second-order valence-electron chi connectivity index (χ2n) is 3.66. The van der Waals surface area contributed by atoms with Crippen molar-refractivity contribution in [2.24, 2.45) is 0 Å². The molecule has 0 amide bonds. The Labute approximate surface area is 102 Å². The van der Waals surface area contributed by atoms with Crippen LogP contribution in [0.5, 0.6) is 0 Å². The minimum Gasteiger partial charge on any atom is -0.402 e. The molecule has 0 aromatic heterocycles. The van der Waals surface area contributed by atoms with Crippen molar-refractivity contribution in [1.82, 2.24) is 4.90 Å². The van der Waals surface area contributed by atoms with Gasteiger partial charge in [0, 0.05) is 13.1 Å². The van der Waals surface area contributed by atoms with Crippen LogP contribution in [0.1, 0.15) is 6.42 Å². The van der Waals surface area contributed by atoms with Crippen LogP contribution in [0.2, 0.25) is 0 Å². The van der Waals surface area contributed by atoms with Crippen molar-refractivity contribution in [3.8, 4) is 0 Å². The lowest BCUT2D eigenvalue weighted by Gasteiger charge is -2.34. The molecule has 6 nitrogen and oxygen atoms in total. The number of hydrogen-bond donors (Lipinski definition) is 2. The van der Waals surface area contributed by atoms with Gasteiger partial charge in [0.25, 0.3) is 0 Å². The highest BCUT2D eigenvalue weighted by Gasteiger charge is 2.40. The maximum absolute atomic E-state index is 13.6. The lowest BCUT2D eigenvalue weighted by Crippen LogP contribution is -2.49. The van der Waals surface area contributed by atoms with Crippen LogP contribution in [-0.2, 0) is 14.1 Å². The van der Waals surface area contributed by atoms with Crippen molar-refractivity contribution in [2.45, 2.75) is 18.8 Å². The van der Waals surface area contributed by atoms with Crippen LogP contribution in [0.15, 0.2) is 0 Å². The molecule has 0 spiro atoms. The molecule has 0 saturated carbocycles. The summed E-state index contributed by atoms with van der Waals surface area (Å²) < 4.78 is 53.4. The molecule has 1 aliphatic rings. The molecule has 1 unspecified atom stereocenters. The lowest BCUT2D eigenvalue weighted by atomic mass is 10.3. The highest BCUT2D eigenvalue weighted by atomic mass is 19.3. The molecule has 2 N–H and O–H groups in total. The molecule has 18 heavy (non-hydrogen) atoms. The third kappa shape index (κ3) is 5.50. The SMILES string of the molecule is OB(O)OCOC(F)CC(F)(F)N1CCOCC1. The number of morpholine rings is 1. The lowest BCUT2D eigenvalue weighted by molar-refractivity contribution is -0.217. The van der Waals surface area contributed by atoms with E-state index in [1.165, 1.54) is 0 Å². The van der Waals surface area contributed by atoms with Gasteiger partial charge in [-0.1, -0.05) is 0 Å². The molecule has 1 fully saturated rings. The summed E-state index contributed by atoms with van der Waals surface area (Å²) in [6.07, 6.45) is -3.42. The predicted octanol–water partition coefficient (Wildman–Crippen LogP) is -0.443. The summed E-state index contributed by atoms with van der Waals surface area (Å²) in [5, 5.41) is 16.5. The van der Waals surface area contributed by atoms with Crippen LogP contribution >= 0.6 is 0 Å². The standard InChI is InChI=1S/C8H15BF3NO5/c10-7(17-6-18-9(14)15)5-8(11,12)13-1-3-16-4-2-13/h7,14-15H,1-6H2. The Bertz CT molecular complexity index is 243. The Morgan fingerprint density at radius 1 is 1.33 bits per heavy atom. The quantitative estimate of drug-likeness (QED) is 0.372. The zero-order chi connectivity index (χ0) is 13.6. The predicted molar refractivity (Wildman–Crippen MR) is 54.1 cm³/mol. The Morgan fingerprint density at radius 2 is 1.94 bits per heavy atom. The topological polar surface area (TPSA) is 71.4 Å². The number of alkyl halides is 3. The molecule has 1 rings (SSSR count). The summed E-state index contributed by atoms with van der Waals surface area (Å²) >= 11 is 0. The second kappa shape index (κ2) is 7.26. The van der Waals surface area contributed by atoms with Gasteiger partial charge in [-0.25, -0.2) is 9.29 Å². The molecule has 0 bridgehead atoms. The molecule has 1 aliphatic heterocycles. The minimum absolute atomic E-state index is 0.0194. The Morgan fingerprint density at radius 3 is 2.50 bits per heavy atom. The minimum atomic E-state index is -3.35. The Kier molecular flexibility index (Phi) is 6.32. The second-order valence-corrected chi connectivity index (χ2v) is 3.66. The van der Waals surface area contributed by atoms with E-state index >= 15 is 0 Å². The smallest absolute Gasteiger partial charge is 0.402 e. The van der Waals surface area contributed by atoms with E-state index in [1.54, 1.807) is 0 Å². The van der Waals surface area contributed by atoms with Crippen LogP contribution in [0.25, 0.3) is 0 Å². The fourth-order valence-electron chi connectivity index (χ4n) is 1.45. The van der Waals surface area contributed by atoms with Crippen LogP contribution in [-0.4, -0.2) is 67.8 Å². The first-order valence-corrected chi connectivity index (χ1v) is 5.36. The Balaban J connectivity index is 2.29. The first-order chi connectivity index (χ1) is 8.42. The summed E-state index contributed by atoms with van der Waals surface area (Å²) in [6.45, 7) is -0.435.